The number of hydrogen-bond acceptors (Lipinski definition) is 3. The molecule has 4 nitrogen and oxygen atoms in total. The largest absolute Gasteiger partial charge is 0.281 e. The minimum atomic E-state index is -3.29. The Kier molecular flexibility index (Phi) is 3.91. The van der Waals surface area contributed by atoms with Crippen molar-refractivity contribution >= 4 is 47.6 Å². The Morgan fingerprint density at radius 2 is 2.21 bits per heavy atom. The van der Waals surface area contributed by atoms with Crippen LogP contribution in [0.4, 0.5) is 5.69 Å². The molecule has 0 bridgehead atoms. The Morgan fingerprint density at radius 3 is 2.71 bits per heavy atom. The molecule has 1 heterocycles. The summed E-state index contributed by atoms with van der Waals surface area (Å²) in [4.78, 5) is 3.97. The number of aromatic nitrogens is 1. The van der Waals surface area contributed by atoms with Crippen LogP contribution in [0.5, 0.6) is 0 Å². The first kappa shape index (κ1) is 11.9. The molecule has 1 aromatic heterocycles. The van der Waals surface area contributed by atoms with Crippen LogP contribution in [0.1, 0.15) is 5.56 Å². The lowest BCUT2D eigenvalue weighted by Crippen LogP contribution is -2.13. The summed E-state index contributed by atoms with van der Waals surface area (Å²) in [6.07, 6.45) is 1.46. The SMILES string of the molecule is Cc1cc(NS(=O)(=O)CBr)cnc1Br. The van der Waals surface area contributed by atoms with Crippen molar-refractivity contribution in [3.63, 3.8) is 0 Å². The van der Waals surface area contributed by atoms with Crippen LogP contribution in [-0.4, -0.2) is 18.1 Å². The van der Waals surface area contributed by atoms with E-state index in [1.807, 2.05) is 6.92 Å². The number of nitrogens with one attached hydrogen (secondary N) is 1. The summed E-state index contributed by atoms with van der Waals surface area (Å²) in [5.41, 5.74) is 1.34. The van der Waals surface area contributed by atoms with Crippen LogP contribution in [-0.2, 0) is 10.0 Å². The molecule has 0 amide bonds. The van der Waals surface area contributed by atoms with Gasteiger partial charge in [-0.1, -0.05) is 15.9 Å². The van der Waals surface area contributed by atoms with Crippen molar-refractivity contribution in [2.45, 2.75) is 6.92 Å². The molecule has 7 heteroatoms. The number of aryl methyl sites for hydroxylation is 1. The van der Waals surface area contributed by atoms with Crippen LogP contribution >= 0.6 is 31.9 Å². The molecule has 0 fully saturated rings. The zero-order valence-electron chi connectivity index (χ0n) is 7.29. The third-order valence-corrected chi connectivity index (χ3v) is 4.90. The average molecular weight is 344 g/mol. The summed E-state index contributed by atoms with van der Waals surface area (Å²) in [7, 11) is -3.29. The number of anilines is 1. The van der Waals surface area contributed by atoms with Gasteiger partial charge in [-0.25, -0.2) is 13.4 Å². The van der Waals surface area contributed by atoms with Gasteiger partial charge in [0, 0.05) is 0 Å². The maximum atomic E-state index is 11.2. The maximum Gasteiger partial charge on any atom is 0.242 e. The van der Waals surface area contributed by atoms with Crippen molar-refractivity contribution in [1.82, 2.24) is 4.98 Å². The highest BCUT2D eigenvalue weighted by molar-refractivity contribution is 9.11. The van der Waals surface area contributed by atoms with Crippen LogP contribution in [0.15, 0.2) is 16.9 Å². The van der Waals surface area contributed by atoms with E-state index in [1.54, 1.807) is 6.07 Å². The van der Waals surface area contributed by atoms with Crippen LogP contribution in [0.25, 0.3) is 0 Å². The number of alkyl halides is 1. The Hall–Kier alpha value is -0.140. The number of rotatable bonds is 3. The summed E-state index contributed by atoms with van der Waals surface area (Å²) in [6, 6.07) is 1.71. The molecule has 0 unspecified atom stereocenters. The Bertz CT molecular complexity index is 433. The fourth-order valence-electron chi connectivity index (χ4n) is 0.821. The molecule has 0 aliphatic heterocycles. The van der Waals surface area contributed by atoms with Crippen molar-refractivity contribution in [3.05, 3.63) is 22.4 Å². The smallest absolute Gasteiger partial charge is 0.242 e. The van der Waals surface area contributed by atoms with E-state index in [2.05, 4.69) is 41.6 Å². The lowest BCUT2D eigenvalue weighted by atomic mass is 10.3. The third kappa shape index (κ3) is 3.21. The second kappa shape index (κ2) is 4.59. The van der Waals surface area contributed by atoms with Crippen LogP contribution in [0, 0.1) is 6.92 Å². The zero-order chi connectivity index (χ0) is 10.8. The lowest BCUT2D eigenvalue weighted by Gasteiger charge is -2.06. The summed E-state index contributed by atoms with van der Waals surface area (Å²) >= 11 is 6.11. The van der Waals surface area contributed by atoms with Gasteiger partial charge in [0.15, 0.2) is 0 Å². The number of pyridine rings is 1. The number of hydrogen-bond donors (Lipinski definition) is 1. The van der Waals surface area contributed by atoms with E-state index in [0.29, 0.717) is 10.3 Å². The minimum absolute atomic E-state index is 0.130. The summed E-state index contributed by atoms with van der Waals surface area (Å²) in [5.74, 6) is 0. The molecule has 0 atom stereocenters. The Morgan fingerprint density at radius 1 is 1.57 bits per heavy atom. The highest BCUT2D eigenvalue weighted by Gasteiger charge is 2.08. The van der Waals surface area contributed by atoms with Gasteiger partial charge in [0.2, 0.25) is 10.0 Å². The molecule has 14 heavy (non-hydrogen) atoms. The van der Waals surface area contributed by atoms with Gasteiger partial charge in [-0.3, -0.25) is 4.72 Å². The van der Waals surface area contributed by atoms with Gasteiger partial charge in [-0.2, -0.15) is 0 Å². The second-order valence-electron chi connectivity index (χ2n) is 2.66. The molecule has 0 radical (unpaired) electrons. The molecule has 0 saturated carbocycles. The average Bonchev–Trinajstić information content (AvgIpc) is 2.11. The predicted molar refractivity (Wildman–Crippen MR) is 63.0 cm³/mol. The number of nitrogens with zero attached hydrogens (tertiary/aromatic N) is 1. The van der Waals surface area contributed by atoms with Crippen molar-refractivity contribution in [2.24, 2.45) is 0 Å². The standard InChI is InChI=1S/C7H8Br2N2O2S/c1-5-2-6(3-10-7(5)9)11-14(12,13)4-8/h2-3,11H,4H2,1H3. The predicted octanol–water partition coefficient (Wildman–Crippen LogP) is 2.25. The normalized spacial score (nSPS) is 11.4. The molecule has 0 aromatic carbocycles. The lowest BCUT2D eigenvalue weighted by molar-refractivity contribution is 0.606. The second-order valence-corrected chi connectivity index (χ2v) is 6.43. The van der Waals surface area contributed by atoms with Gasteiger partial charge in [-0.15, -0.1) is 0 Å². The quantitative estimate of drug-likeness (QED) is 0.676. The first-order chi connectivity index (χ1) is 6.44. The van der Waals surface area contributed by atoms with Crippen molar-refractivity contribution in [3.8, 4) is 0 Å². The van der Waals surface area contributed by atoms with E-state index in [4.69, 9.17) is 0 Å². The van der Waals surface area contributed by atoms with Crippen molar-refractivity contribution in [2.75, 3.05) is 9.38 Å². The Balaban J connectivity index is 2.94. The molecule has 0 spiro atoms. The monoisotopic (exact) mass is 342 g/mol. The highest BCUT2D eigenvalue weighted by Crippen LogP contribution is 2.17. The molecule has 0 aliphatic rings. The molecule has 1 aromatic rings. The van der Waals surface area contributed by atoms with Gasteiger partial charge >= 0.3 is 0 Å². The summed E-state index contributed by atoms with van der Waals surface area (Å²) in [6.45, 7) is 1.84. The van der Waals surface area contributed by atoms with Crippen LogP contribution in [0.2, 0.25) is 0 Å². The van der Waals surface area contributed by atoms with Gasteiger partial charge < -0.3 is 0 Å². The van der Waals surface area contributed by atoms with Crippen LogP contribution in [0.3, 0.4) is 0 Å². The summed E-state index contributed by atoms with van der Waals surface area (Å²) in [5, 5.41) is 0. The third-order valence-electron chi connectivity index (χ3n) is 1.43. The molecule has 1 rings (SSSR count). The van der Waals surface area contributed by atoms with E-state index in [-0.39, 0.29) is 4.66 Å². The molecule has 1 N–H and O–H groups in total. The van der Waals surface area contributed by atoms with Crippen molar-refractivity contribution < 1.29 is 8.42 Å². The summed E-state index contributed by atoms with van der Waals surface area (Å²) < 4.78 is 25.3. The fraction of sp³-hybridized carbons (Fsp3) is 0.286. The fourth-order valence-corrected chi connectivity index (χ4v) is 1.91. The van der Waals surface area contributed by atoms with E-state index in [9.17, 15) is 8.42 Å². The topological polar surface area (TPSA) is 59.1 Å². The minimum Gasteiger partial charge on any atom is -0.281 e. The molecular formula is C7H8Br2N2O2S. The van der Waals surface area contributed by atoms with Gasteiger partial charge in [0.05, 0.1) is 11.9 Å². The van der Waals surface area contributed by atoms with E-state index in [0.717, 1.165) is 5.56 Å². The molecule has 0 aliphatic carbocycles. The van der Waals surface area contributed by atoms with Crippen LogP contribution < -0.4 is 4.72 Å². The van der Waals surface area contributed by atoms with E-state index >= 15 is 0 Å². The van der Waals surface area contributed by atoms with Crippen molar-refractivity contribution in [1.29, 1.82) is 0 Å². The first-order valence-electron chi connectivity index (χ1n) is 3.63. The Labute approximate surface area is 99.4 Å². The van der Waals surface area contributed by atoms with E-state index < -0.39 is 10.0 Å². The molecule has 78 valence electrons. The van der Waals surface area contributed by atoms with Gasteiger partial charge in [0.1, 0.15) is 9.27 Å². The zero-order valence-corrected chi connectivity index (χ0v) is 11.3. The highest BCUT2D eigenvalue weighted by atomic mass is 79.9. The number of halogens is 2. The first-order valence-corrected chi connectivity index (χ1v) is 7.20. The molecular weight excluding hydrogens is 336 g/mol. The van der Waals surface area contributed by atoms with Gasteiger partial charge in [0.25, 0.3) is 0 Å². The van der Waals surface area contributed by atoms with Gasteiger partial charge in [-0.05, 0) is 34.5 Å². The number of sulfonamides is 1. The molecule has 0 saturated heterocycles. The van der Waals surface area contributed by atoms with E-state index in [1.165, 1.54) is 6.20 Å². The maximum absolute atomic E-state index is 11.2.